The molecule has 1 amide bonds. The number of fused-ring (bicyclic) bond motifs is 1. The van der Waals surface area contributed by atoms with Crippen LogP contribution in [0.4, 0.5) is 4.39 Å². The van der Waals surface area contributed by atoms with E-state index >= 15 is 0 Å². The Hall–Kier alpha value is -3.00. The Bertz CT molecular complexity index is 1250. The zero-order chi connectivity index (χ0) is 24.0. The van der Waals surface area contributed by atoms with Gasteiger partial charge in [-0.1, -0.05) is 30.3 Å². The smallest absolute Gasteiger partial charge is 0.220 e. The van der Waals surface area contributed by atoms with Crippen molar-refractivity contribution >= 4 is 28.1 Å². The first-order chi connectivity index (χ1) is 17.2. The van der Waals surface area contributed by atoms with Crippen molar-refractivity contribution < 1.29 is 13.9 Å². The molecule has 1 aliphatic rings. The van der Waals surface area contributed by atoms with Gasteiger partial charge in [-0.25, -0.2) is 4.39 Å². The van der Waals surface area contributed by atoms with Crippen molar-refractivity contribution in [3.05, 3.63) is 94.1 Å². The number of halogens is 1. The molecule has 3 heterocycles. The Morgan fingerprint density at radius 2 is 1.89 bits per heavy atom. The standard InChI is InChI=1S/C28H30FN3O2S/c29-23-7-5-21(6-8-23)18-32-19-26(24-3-1-2-4-27(24)32)25(22-9-16-35-20-22)17-28(33)30-10-11-31-12-14-34-15-13-31/h1-9,16,19-20,25H,10-15,17-18H2,(H,30,33). The molecule has 5 nitrogen and oxygen atoms in total. The van der Waals surface area contributed by atoms with E-state index in [4.69, 9.17) is 4.74 Å². The number of ether oxygens (including phenoxy) is 1. The normalized spacial score (nSPS) is 15.3. The summed E-state index contributed by atoms with van der Waals surface area (Å²) in [5, 5.41) is 8.48. The van der Waals surface area contributed by atoms with Gasteiger partial charge in [0.1, 0.15) is 5.82 Å². The first kappa shape index (κ1) is 23.7. The molecule has 0 spiro atoms. The van der Waals surface area contributed by atoms with Crippen molar-refractivity contribution in [3.8, 4) is 0 Å². The summed E-state index contributed by atoms with van der Waals surface area (Å²) in [5.74, 6) is -0.210. The molecule has 4 aromatic rings. The van der Waals surface area contributed by atoms with Crippen LogP contribution < -0.4 is 5.32 Å². The van der Waals surface area contributed by atoms with Crippen molar-refractivity contribution in [2.45, 2.75) is 18.9 Å². The van der Waals surface area contributed by atoms with Gasteiger partial charge in [0.2, 0.25) is 5.91 Å². The molecule has 5 rings (SSSR count). The second kappa shape index (κ2) is 11.2. The van der Waals surface area contributed by atoms with Crippen LogP contribution in [-0.4, -0.2) is 54.8 Å². The van der Waals surface area contributed by atoms with Crippen LogP contribution >= 0.6 is 11.3 Å². The lowest BCUT2D eigenvalue weighted by atomic mass is 9.89. The van der Waals surface area contributed by atoms with E-state index in [2.05, 4.69) is 49.9 Å². The fourth-order valence-corrected chi connectivity index (χ4v) is 5.50. The fraction of sp³-hybridized carbons (Fsp3) is 0.321. The van der Waals surface area contributed by atoms with E-state index < -0.39 is 0 Å². The van der Waals surface area contributed by atoms with Crippen LogP contribution in [-0.2, 0) is 16.1 Å². The van der Waals surface area contributed by atoms with E-state index in [9.17, 15) is 9.18 Å². The summed E-state index contributed by atoms with van der Waals surface area (Å²) >= 11 is 1.65. The maximum absolute atomic E-state index is 13.4. The van der Waals surface area contributed by atoms with Gasteiger partial charge in [-0.05, 0) is 51.7 Å². The Morgan fingerprint density at radius 1 is 1.09 bits per heavy atom. The SMILES string of the molecule is O=C(CC(c1ccsc1)c1cn(Cc2ccc(F)cc2)c2ccccc12)NCCN1CCOCC1. The number of thiophene rings is 1. The van der Waals surface area contributed by atoms with Crippen LogP contribution in [0.25, 0.3) is 10.9 Å². The molecule has 2 aromatic carbocycles. The van der Waals surface area contributed by atoms with Crippen molar-refractivity contribution in [1.82, 2.24) is 14.8 Å². The zero-order valence-corrected chi connectivity index (χ0v) is 20.5. The number of morpholine rings is 1. The second-order valence-electron chi connectivity index (χ2n) is 8.97. The predicted octanol–water partition coefficient (Wildman–Crippen LogP) is 4.86. The zero-order valence-electron chi connectivity index (χ0n) is 19.7. The number of carbonyl (C=O) groups excluding carboxylic acids is 1. The van der Waals surface area contributed by atoms with Gasteiger partial charge in [0.25, 0.3) is 0 Å². The molecule has 1 unspecified atom stereocenters. The number of nitrogens with one attached hydrogen (secondary N) is 1. The lowest BCUT2D eigenvalue weighted by Crippen LogP contribution is -2.41. The average Bonchev–Trinajstić information content (AvgIpc) is 3.54. The number of benzene rings is 2. The molecular weight excluding hydrogens is 461 g/mol. The van der Waals surface area contributed by atoms with Gasteiger partial charge in [0.05, 0.1) is 13.2 Å². The van der Waals surface area contributed by atoms with E-state index in [0.717, 1.165) is 60.4 Å². The molecule has 1 fully saturated rings. The molecule has 182 valence electrons. The molecule has 35 heavy (non-hydrogen) atoms. The number of para-hydroxylation sites is 1. The Kier molecular flexibility index (Phi) is 7.57. The van der Waals surface area contributed by atoms with E-state index in [-0.39, 0.29) is 17.6 Å². The van der Waals surface area contributed by atoms with Crippen molar-refractivity contribution in [1.29, 1.82) is 0 Å². The maximum atomic E-state index is 13.4. The van der Waals surface area contributed by atoms with Crippen molar-refractivity contribution in [2.75, 3.05) is 39.4 Å². The monoisotopic (exact) mass is 491 g/mol. The summed E-state index contributed by atoms with van der Waals surface area (Å²) in [7, 11) is 0. The predicted molar refractivity (Wildman–Crippen MR) is 138 cm³/mol. The van der Waals surface area contributed by atoms with E-state index in [1.807, 2.05) is 24.3 Å². The third-order valence-corrected chi connectivity index (χ3v) is 7.35. The van der Waals surface area contributed by atoms with Crippen LogP contribution in [0, 0.1) is 5.82 Å². The van der Waals surface area contributed by atoms with Gasteiger partial charge in [-0.15, -0.1) is 0 Å². The van der Waals surface area contributed by atoms with Crippen LogP contribution in [0.3, 0.4) is 0 Å². The van der Waals surface area contributed by atoms with Crippen LogP contribution in [0.15, 0.2) is 71.6 Å². The summed E-state index contributed by atoms with van der Waals surface area (Å²) in [5.41, 5.74) is 4.44. The van der Waals surface area contributed by atoms with Gasteiger partial charge < -0.3 is 14.6 Å². The molecule has 1 aliphatic heterocycles. The number of nitrogens with zero attached hydrogens (tertiary/aromatic N) is 2. The summed E-state index contributed by atoms with van der Waals surface area (Å²) in [6.07, 6.45) is 2.56. The minimum Gasteiger partial charge on any atom is -0.379 e. The maximum Gasteiger partial charge on any atom is 0.220 e. The number of rotatable bonds is 9. The molecule has 0 aliphatic carbocycles. The third kappa shape index (κ3) is 5.81. The summed E-state index contributed by atoms with van der Waals surface area (Å²) in [6.45, 7) is 5.48. The topological polar surface area (TPSA) is 46.5 Å². The number of hydrogen-bond acceptors (Lipinski definition) is 4. The largest absolute Gasteiger partial charge is 0.379 e. The molecule has 7 heteroatoms. The number of hydrogen-bond donors (Lipinski definition) is 1. The minimum absolute atomic E-state index is 0.0380. The highest BCUT2D eigenvalue weighted by atomic mass is 32.1. The van der Waals surface area contributed by atoms with E-state index in [1.165, 1.54) is 12.1 Å². The average molecular weight is 492 g/mol. The third-order valence-electron chi connectivity index (χ3n) is 6.65. The molecule has 0 radical (unpaired) electrons. The minimum atomic E-state index is -0.232. The highest BCUT2D eigenvalue weighted by molar-refractivity contribution is 7.08. The molecule has 0 bridgehead atoms. The fourth-order valence-electron chi connectivity index (χ4n) is 4.79. The van der Waals surface area contributed by atoms with Gasteiger partial charge in [-0.3, -0.25) is 9.69 Å². The van der Waals surface area contributed by atoms with E-state index in [1.54, 1.807) is 11.3 Å². The Morgan fingerprint density at radius 3 is 2.66 bits per heavy atom. The number of amides is 1. The highest BCUT2D eigenvalue weighted by Crippen LogP contribution is 2.36. The van der Waals surface area contributed by atoms with Crippen LogP contribution in [0.5, 0.6) is 0 Å². The van der Waals surface area contributed by atoms with Gasteiger partial charge in [0, 0.05) is 62.2 Å². The van der Waals surface area contributed by atoms with Crippen molar-refractivity contribution in [2.24, 2.45) is 0 Å². The van der Waals surface area contributed by atoms with Crippen LogP contribution in [0.2, 0.25) is 0 Å². The van der Waals surface area contributed by atoms with Crippen molar-refractivity contribution in [3.63, 3.8) is 0 Å². The summed E-state index contributed by atoms with van der Waals surface area (Å²) in [4.78, 5) is 15.4. The summed E-state index contributed by atoms with van der Waals surface area (Å²) < 4.78 is 21.0. The lowest BCUT2D eigenvalue weighted by Gasteiger charge is -2.26. The van der Waals surface area contributed by atoms with Gasteiger partial charge >= 0.3 is 0 Å². The number of carbonyl (C=O) groups is 1. The molecule has 2 aromatic heterocycles. The molecule has 1 saturated heterocycles. The van der Waals surface area contributed by atoms with Crippen LogP contribution in [0.1, 0.15) is 29.0 Å². The molecule has 1 atom stereocenters. The highest BCUT2D eigenvalue weighted by Gasteiger charge is 2.23. The molecule has 1 N–H and O–H groups in total. The lowest BCUT2D eigenvalue weighted by molar-refractivity contribution is -0.121. The van der Waals surface area contributed by atoms with Gasteiger partial charge in [-0.2, -0.15) is 11.3 Å². The van der Waals surface area contributed by atoms with Gasteiger partial charge in [0.15, 0.2) is 0 Å². The quantitative estimate of drug-likeness (QED) is 0.364. The molecule has 0 saturated carbocycles. The summed E-state index contributed by atoms with van der Waals surface area (Å²) in [6, 6.07) is 17.1. The molecular formula is C28H30FN3O2S. The Labute approximate surface area is 209 Å². The first-order valence-electron chi connectivity index (χ1n) is 12.1. The second-order valence-corrected chi connectivity index (χ2v) is 9.75. The first-order valence-corrected chi connectivity index (χ1v) is 13.0. The number of aromatic nitrogens is 1. The Balaban J connectivity index is 1.37. The van der Waals surface area contributed by atoms with E-state index in [0.29, 0.717) is 19.5 Å².